The van der Waals surface area contributed by atoms with Gasteiger partial charge in [0, 0.05) is 23.0 Å². The SMILES string of the molecule is Cc1cc(C)n(-c2ccc(-c3noc(-c4ccc5c(c4)CCNCC5)n3)cn2)n1.Cl. The van der Waals surface area contributed by atoms with Gasteiger partial charge in [0.05, 0.1) is 5.69 Å². The Hall–Kier alpha value is -3.03. The minimum absolute atomic E-state index is 0. The average Bonchev–Trinajstić information content (AvgIpc) is 3.27. The van der Waals surface area contributed by atoms with Gasteiger partial charge >= 0.3 is 0 Å². The van der Waals surface area contributed by atoms with E-state index in [1.54, 1.807) is 6.20 Å². The quantitative estimate of drug-likeness (QED) is 0.542. The standard InChI is InChI=1S/C22H22N6O.ClH/c1-14-11-15(2)28(26-14)20-6-5-19(13-24-20)21-25-22(29-27-21)18-4-3-16-7-9-23-10-8-17(16)12-18;/h3-6,11-13,23H,7-10H2,1-2H3;1H. The largest absolute Gasteiger partial charge is 0.334 e. The molecule has 30 heavy (non-hydrogen) atoms. The predicted molar refractivity (Wildman–Crippen MR) is 117 cm³/mol. The number of aryl methyl sites for hydroxylation is 2. The number of pyridine rings is 1. The molecule has 0 spiro atoms. The highest BCUT2D eigenvalue weighted by Gasteiger charge is 2.15. The van der Waals surface area contributed by atoms with Crippen LogP contribution in [0, 0.1) is 13.8 Å². The Morgan fingerprint density at radius 1 is 0.967 bits per heavy atom. The second kappa shape index (κ2) is 8.38. The Kier molecular flexibility index (Phi) is 5.65. The van der Waals surface area contributed by atoms with Crippen LogP contribution in [0.1, 0.15) is 22.5 Å². The molecule has 0 saturated heterocycles. The molecule has 0 saturated carbocycles. The highest BCUT2D eigenvalue weighted by atomic mass is 35.5. The number of rotatable bonds is 3. The number of nitrogens with zero attached hydrogens (tertiary/aromatic N) is 5. The normalized spacial score (nSPS) is 13.4. The number of hydrogen-bond donors (Lipinski definition) is 1. The van der Waals surface area contributed by atoms with E-state index < -0.39 is 0 Å². The van der Waals surface area contributed by atoms with Crippen LogP contribution in [0.4, 0.5) is 0 Å². The molecule has 8 heteroatoms. The van der Waals surface area contributed by atoms with E-state index in [0.717, 1.165) is 54.3 Å². The van der Waals surface area contributed by atoms with Crippen molar-refractivity contribution in [2.45, 2.75) is 26.7 Å². The van der Waals surface area contributed by atoms with E-state index in [1.807, 2.05) is 36.7 Å². The van der Waals surface area contributed by atoms with E-state index in [4.69, 9.17) is 4.52 Å². The zero-order chi connectivity index (χ0) is 19.8. The van der Waals surface area contributed by atoms with Crippen LogP contribution in [0.5, 0.6) is 0 Å². The first kappa shape index (κ1) is 20.3. The fraction of sp³-hybridized carbons (Fsp3) is 0.273. The van der Waals surface area contributed by atoms with Gasteiger partial charge < -0.3 is 9.84 Å². The summed E-state index contributed by atoms with van der Waals surface area (Å²) in [7, 11) is 0. The molecule has 4 aromatic rings. The van der Waals surface area contributed by atoms with Crippen LogP contribution in [-0.2, 0) is 12.8 Å². The van der Waals surface area contributed by atoms with Gasteiger partial charge in [-0.3, -0.25) is 0 Å². The maximum absolute atomic E-state index is 5.54. The summed E-state index contributed by atoms with van der Waals surface area (Å²) < 4.78 is 7.37. The van der Waals surface area contributed by atoms with E-state index in [-0.39, 0.29) is 12.4 Å². The van der Waals surface area contributed by atoms with Crippen LogP contribution in [0.2, 0.25) is 0 Å². The lowest BCUT2D eigenvalue weighted by atomic mass is 10.00. The molecular weight excluding hydrogens is 400 g/mol. The molecule has 0 atom stereocenters. The number of benzene rings is 1. The maximum Gasteiger partial charge on any atom is 0.258 e. The first-order valence-electron chi connectivity index (χ1n) is 9.84. The number of hydrogen-bond acceptors (Lipinski definition) is 6. The van der Waals surface area contributed by atoms with Gasteiger partial charge in [-0.1, -0.05) is 11.2 Å². The van der Waals surface area contributed by atoms with Crippen molar-refractivity contribution in [3.05, 3.63) is 65.1 Å². The van der Waals surface area contributed by atoms with Crippen molar-refractivity contribution in [1.82, 2.24) is 30.2 Å². The Labute approximate surface area is 181 Å². The summed E-state index contributed by atoms with van der Waals surface area (Å²) in [6, 6.07) is 12.3. The Morgan fingerprint density at radius 2 is 1.77 bits per heavy atom. The third-order valence-corrected chi connectivity index (χ3v) is 5.25. The molecule has 0 unspecified atom stereocenters. The maximum atomic E-state index is 5.54. The Balaban J connectivity index is 0.00000218. The highest BCUT2D eigenvalue weighted by Crippen LogP contribution is 2.25. The summed E-state index contributed by atoms with van der Waals surface area (Å²) in [4.78, 5) is 9.11. The lowest BCUT2D eigenvalue weighted by Crippen LogP contribution is -2.16. The summed E-state index contributed by atoms with van der Waals surface area (Å²) >= 11 is 0. The van der Waals surface area contributed by atoms with Gasteiger partial charge in [0.15, 0.2) is 5.82 Å². The van der Waals surface area contributed by atoms with Crippen molar-refractivity contribution in [2.24, 2.45) is 0 Å². The summed E-state index contributed by atoms with van der Waals surface area (Å²) in [5, 5.41) is 12.1. The van der Waals surface area contributed by atoms with Crippen LogP contribution >= 0.6 is 12.4 Å². The molecule has 1 aliphatic rings. The van der Waals surface area contributed by atoms with Crippen LogP contribution in [0.3, 0.4) is 0 Å². The van der Waals surface area contributed by atoms with E-state index in [2.05, 4.69) is 43.7 Å². The molecule has 0 fully saturated rings. The number of halogens is 1. The number of nitrogens with one attached hydrogen (secondary N) is 1. The smallest absolute Gasteiger partial charge is 0.258 e. The number of aromatic nitrogens is 5. The van der Waals surface area contributed by atoms with Crippen LogP contribution in [0.25, 0.3) is 28.7 Å². The highest BCUT2D eigenvalue weighted by molar-refractivity contribution is 5.85. The first-order chi connectivity index (χ1) is 14.2. The zero-order valence-corrected chi connectivity index (χ0v) is 17.7. The summed E-state index contributed by atoms with van der Waals surface area (Å²) in [5.41, 5.74) is 6.52. The molecule has 1 aromatic carbocycles. The van der Waals surface area contributed by atoms with Crippen LogP contribution in [0.15, 0.2) is 47.1 Å². The fourth-order valence-electron chi connectivity index (χ4n) is 3.77. The van der Waals surface area contributed by atoms with E-state index in [0.29, 0.717) is 11.7 Å². The molecule has 1 N–H and O–H groups in total. The van der Waals surface area contributed by atoms with E-state index in [1.165, 1.54) is 11.1 Å². The lowest BCUT2D eigenvalue weighted by molar-refractivity contribution is 0.432. The van der Waals surface area contributed by atoms with Gasteiger partial charge in [-0.2, -0.15) is 10.1 Å². The molecule has 4 heterocycles. The number of fused-ring (bicyclic) bond motifs is 1. The van der Waals surface area contributed by atoms with Crippen LogP contribution < -0.4 is 5.32 Å². The van der Waals surface area contributed by atoms with Crippen molar-refractivity contribution in [2.75, 3.05) is 13.1 Å². The van der Waals surface area contributed by atoms with Crippen LogP contribution in [-0.4, -0.2) is 38.0 Å². The summed E-state index contributed by atoms with van der Waals surface area (Å²) in [6.07, 6.45) is 3.82. The van der Waals surface area contributed by atoms with Crippen molar-refractivity contribution >= 4 is 12.4 Å². The Bertz CT molecular complexity index is 1160. The molecule has 1 aliphatic heterocycles. The summed E-state index contributed by atoms with van der Waals surface area (Å²) in [6.45, 7) is 6.01. The fourth-order valence-corrected chi connectivity index (χ4v) is 3.77. The average molecular weight is 423 g/mol. The second-order valence-electron chi connectivity index (χ2n) is 7.40. The Morgan fingerprint density at radius 3 is 2.50 bits per heavy atom. The van der Waals surface area contributed by atoms with Gasteiger partial charge in [-0.15, -0.1) is 12.4 Å². The van der Waals surface area contributed by atoms with Gasteiger partial charge in [-0.25, -0.2) is 9.67 Å². The van der Waals surface area contributed by atoms with E-state index in [9.17, 15) is 0 Å². The van der Waals surface area contributed by atoms with Gasteiger partial charge in [0.1, 0.15) is 0 Å². The molecule has 5 rings (SSSR count). The van der Waals surface area contributed by atoms with E-state index >= 15 is 0 Å². The molecule has 0 radical (unpaired) electrons. The minimum atomic E-state index is 0. The predicted octanol–water partition coefficient (Wildman–Crippen LogP) is 3.71. The van der Waals surface area contributed by atoms with Gasteiger partial charge in [0.25, 0.3) is 5.89 Å². The lowest BCUT2D eigenvalue weighted by Gasteiger charge is -2.05. The zero-order valence-electron chi connectivity index (χ0n) is 16.9. The van der Waals surface area contributed by atoms with Crippen molar-refractivity contribution in [3.63, 3.8) is 0 Å². The second-order valence-corrected chi connectivity index (χ2v) is 7.40. The monoisotopic (exact) mass is 422 g/mol. The molecule has 0 amide bonds. The molecule has 0 aliphatic carbocycles. The van der Waals surface area contributed by atoms with Crippen molar-refractivity contribution in [1.29, 1.82) is 0 Å². The van der Waals surface area contributed by atoms with Crippen molar-refractivity contribution in [3.8, 4) is 28.7 Å². The third-order valence-electron chi connectivity index (χ3n) is 5.25. The molecule has 3 aromatic heterocycles. The molecule has 7 nitrogen and oxygen atoms in total. The van der Waals surface area contributed by atoms with Crippen molar-refractivity contribution < 1.29 is 4.52 Å². The molecule has 0 bridgehead atoms. The molecular formula is C22H23ClN6O. The first-order valence-corrected chi connectivity index (χ1v) is 9.84. The molecule has 154 valence electrons. The van der Waals surface area contributed by atoms with Gasteiger partial charge in [-0.05, 0) is 81.2 Å². The minimum Gasteiger partial charge on any atom is -0.334 e. The topological polar surface area (TPSA) is 81.7 Å². The summed E-state index contributed by atoms with van der Waals surface area (Å²) in [5.74, 6) is 1.83. The third kappa shape index (κ3) is 3.86. The van der Waals surface area contributed by atoms with Gasteiger partial charge in [0.2, 0.25) is 5.82 Å².